The molecular formula is C12H18N2O3. The zero-order valence-electron chi connectivity index (χ0n) is 10.0. The van der Waals surface area contributed by atoms with Crippen molar-refractivity contribution in [3.63, 3.8) is 0 Å². The van der Waals surface area contributed by atoms with Crippen LogP contribution in [0, 0.1) is 29.1 Å². The second kappa shape index (κ2) is 4.92. The van der Waals surface area contributed by atoms with Gasteiger partial charge in [0.1, 0.15) is 0 Å². The van der Waals surface area contributed by atoms with Crippen LogP contribution in [0.4, 0.5) is 4.79 Å². The molecule has 5 heteroatoms. The van der Waals surface area contributed by atoms with E-state index in [4.69, 9.17) is 15.1 Å². The predicted octanol–water partition coefficient (Wildman–Crippen LogP) is 0.985. The van der Waals surface area contributed by atoms with Gasteiger partial charge in [-0.05, 0) is 31.1 Å². The summed E-state index contributed by atoms with van der Waals surface area (Å²) in [5, 5.41) is 18.1. The molecule has 2 saturated heterocycles. The SMILES string of the molecule is COC(=O)N1C[C@@H]2C[C@H](C#N)[C@H]1C[C@@H]2CCO. The number of carbonyl (C=O) groups excluding carboxylic acids is 1. The number of amides is 1. The Morgan fingerprint density at radius 3 is 2.88 bits per heavy atom. The van der Waals surface area contributed by atoms with Gasteiger partial charge in [-0.1, -0.05) is 0 Å². The summed E-state index contributed by atoms with van der Waals surface area (Å²) in [5.41, 5.74) is 0. The highest BCUT2D eigenvalue weighted by Crippen LogP contribution is 2.43. The molecule has 0 unspecified atom stereocenters. The van der Waals surface area contributed by atoms with E-state index in [9.17, 15) is 4.79 Å². The van der Waals surface area contributed by atoms with Crippen LogP contribution < -0.4 is 0 Å². The molecule has 5 nitrogen and oxygen atoms in total. The molecular weight excluding hydrogens is 220 g/mol. The van der Waals surface area contributed by atoms with E-state index in [1.54, 1.807) is 4.90 Å². The number of hydrogen-bond donors (Lipinski definition) is 1. The minimum Gasteiger partial charge on any atom is -0.453 e. The van der Waals surface area contributed by atoms with Gasteiger partial charge in [0, 0.05) is 13.2 Å². The molecule has 1 N–H and O–H groups in total. The van der Waals surface area contributed by atoms with Crippen molar-refractivity contribution in [1.29, 1.82) is 5.26 Å². The lowest BCUT2D eigenvalue weighted by molar-refractivity contribution is -0.0198. The normalized spacial score (nSPS) is 35.5. The molecule has 0 spiro atoms. The Hall–Kier alpha value is -1.28. The van der Waals surface area contributed by atoms with Crippen molar-refractivity contribution >= 4 is 6.09 Å². The fraction of sp³-hybridized carbons (Fsp3) is 0.833. The van der Waals surface area contributed by atoms with Crippen LogP contribution in [0.1, 0.15) is 19.3 Å². The first-order valence-corrected chi connectivity index (χ1v) is 6.06. The monoisotopic (exact) mass is 238 g/mol. The van der Waals surface area contributed by atoms with Gasteiger partial charge in [-0.15, -0.1) is 0 Å². The van der Waals surface area contributed by atoms with Gasteiger partial charge in [0.15, 0.2) is 0 Å². The molecule has 3 aliphatic rings. The van der Waals surface area contributed by atoms with Gasteiger partial charge in [-0.3, -0.25) is 0 Å². The van der Waals surface area contributed by atoms with E-state index in [-0.39, 0.29) is 24.7 Å². The molecule has 2 aliphatic heterocycles. The molecule has 1 saturated carbocycles. The molecule has 17 heavy (non-hydrogen) atoms. The van der Waals surface area contributed by atoms with E-state index < -0.39 is 0 Å². The minimum absolute atomic E-state index is 0.0333. The van der Waals surface area contributed by atoms with Crippen LogP contribution in [0.5, 0.6) is 0 Å². The standard InChI is InChI=1S/C12H18N2O3/c1-17-12(16)14-7-10-4-9(6-13)11(14)5-8(10)2-3-15/h8-11,15H,2-5,7H2,1H3/t8-,9+,10-,11+/m0/s1. The van der Waals surface area contributed by atoms with Crippen LogP contribution in [0.15, 0.2) is 0 Å². The average molecular weight is 238 g/mol. The van der Waals surface area contributed by atoms with E-state index >= 15 is 0 Å². The Labute approximate surface area is 101 Å². The number of rotatable bonds is 2. The van der Waals surface area contributed by atoms with Crippen molar-refractivity contribution in [3.05, 3.63) is 0 Å². The van der Waals surface area contributed by atoms with Crippen molar-refractivity contribution in [2.45, 2.75) is 25.3 Å². The lowest BCUT2D eigenvalue weighted by atomic mass is 9.66. The summed E-state index contributed by atoms with van der Waals surface area (Å²) in [6, 6.07) is 2.26. The maximum absolute atomic E-state index is 11.6. The van der Waals surface area contributed by atoms with Gasteiger partial charge in [0.05, 0.1) is 25.1 Å². The molecule has 3 fully saturated rings. The first-order chi connectivity index (χ1) is 8.21. The Balaban J connectivity index is 2.13. The summed E-state index contributed by atoms with van der Waals surface area (Å²) < 4.78 is 4.76. The van der Waals surface area contributed by atoms with Crippen LogP contribution in [0.25, 0.3) is 0 Å². The Morgan fingerprint density at radius 2 is 2.35 bits per heavy atom. The number of ether oxygens (including phenoxy) is 1. The second-order valence-corrected chi connectivity index (χ2v) is 4.93. The summed E-state index contributed by atoms with van der Waals surface area (Å²) in [6.07, 6.45) is 2.11. The molecule has 94 valence electrons. The van der Waals surface area contributed by atoms with Gasteiger partial charge in [0.2, 0.25) is 0 Å². The number of aliphatic hydroxyl groups excluding tert-OH is 1. The van der Waals surface area contributed by atoms with E-state index in [0.717, 1.165) is 19.3 Å². The fourth-order valence-corrected chi connectivity index (χ4v) is 3.28. The zero-order chi connectivity index (χ0) is 12.4. The fourth-order valence-electron chi connectivity index (χ4n) is 3.28. The quantitative estimate of drug-likeness (QED) is 0.778. The first kappa shape index (κ1) is 12.2. The zero-order valence-corrected chi connectivity index (χ0v) is 10.0. The summed E-state index contributed by atoms with van der Waals surface area (Å²) >= 11 is 0. The van der Waals surface area contributed by atoms with E-state index in [2.05, 4.69) is 6.07 Å². The lowest BCUT2D eigenvalue weighted by Crippen LogP contribution is -2.58. The number of fused-ring (bicyclic) bond motifs is 3. The van der Waals surface area contributed by atoms with Crippen molar-refractivity contribution in [2.75, 3.05) is 20.3 Å². The average Bonchev–Trinajstić information content (AvgIpc) is 2.38. The summed E-state index contributed by atoms with van der Waals surface area (Å²) in [5.74, 6) is 0.689. The van der Waals surface area contributed by atoms with E-state index in [1.807, 2.05) is 0 Å². The number of nitrogens with zero attached hydrogens (tertiary/aromatic N) is 2. The molecule has 0 aromatic rings. The number of aliphatic hydroxyl groups is 1. The van der Waals surface area contributed by atoms with Crippen LogP contribution >= 0.6 is 0 Å². The van der Waals surface area contributed by atoms with Gasteiger partial charge in [0.25, 0.3) is 0 Å². The van der Waals surface area contributed by atoms with Crippen molar-refractivity contribution in [1.82, 2.24) is 4.90 Å². The molecule has 0 aromatic heterocycles. The number of hydrogen-bond acceptors (Lipinski definition) is 4. The number of piperidine rings is 2. The highest BCUT2D eigenvalue weighted by molar-refractivity contribution is 5.68. The van der Waals surface area contributed by atoms with Crippen molar-refractivity contribution < 1.29 is 14.6 Å². The molecule has 0 radical (unpaired) electrons. The lowest BCUT2D eigenvalue weighted by Gasteiger charge is -2.50. The maximum Gasteiger partial charge on any atom is 0.409 e. The number of carbonyl (C=O) groups is 1. The topological polar surface area (TPSA) is 73.6 Å². The molecule has 2 heterocycles. The van der Waals surface area contributed by atoms with Gasteiger partial charge < -0.3 is 14.7 Å². The van der Waals surface area contributed by atoms with Crippen LogP contribution in [-0.2, 0) is 4.74 Å². The van der Waals surface area contributed by atoms with Crippen LogP contribution in [-0.4, -0.2) is 42.4 Å². The minimum atomic E-state index is -0.331. The Bertz CT molecular complexity index is 339. The predicted molar refractivity (Wildman–Crippen MR) is 59.9 cm³/mol. The smallest absolute Gasteiger partial charge is 0.409 e. The highest BCUT2D eigenvalue weighted by atomic mass is 16.5. The Morgan fingerprint density at radius 1 is 1.59 bits per heavy atom. The largest absolute Gasteiger partial charge is 0.453 e. The summed E-state index contributed by atoms with van der Waals surface area (Å²) in [7, 11) is 1.37. The molecule has 2 bridgehead atoms. The van der Waals surface area contributed by atoms with E-state index in [1.165, 1.54) is 7.11 Å². The van der Waals surface area contributed by atoms with Gasteiger partial charge >= 0.3 is 6.09 Å². The Kier molecular flexibility index (Phi) is 3.53. The van der Waals surface area contributed by atoms with Gasteiger partial charge in [-0.25, -0.2) is 4.79 Å². The molecule has 4 atom stereocenters. The van der Waals surface area contributed by atoms with Crippen molar-refractivity contribution in [2.24, 2.45) is 17.8 Å². The maximum atomic E-state index is 11.6. The third-order valence-corrected chi connectivity index (χ3v) is 4.14. The third kappa shape index (κ3) is 2.09. The summed E-state index contributed by atoms with van der Waals surface area (Å²) in [6.45, 7) is 0.851. The molecule has 3 rings (SSSR count). The molecule has 1 amide bonds. The van der Waals surface area contributed by atoms with Gasteiger partial charge in [-0.2, -0.15) is 5.26 Å². The third-order valence-electron chi connectivity index (χ3n) is 4.14. The second-order valence-electron chi connectivity index (χ2n) is 4.93. The van der Waals surface area contributed by atoms with Crippen LogP contribution in [0.2, 0.25) is 0 Å². The molecule has 0 aromatic carbocycles. The molecule has 1 aliphatic carbocycles. The highest BCUT2D eigenvalue weighted by Gasteiger charge is 2.47. The van der Waals surface area contributed by atoms with Crippen LogP contribution in [0.3, 0.4) is 0 Å². The van der Waals surface area contributed by atoms with Crippen molar-refractivity contribution in [3.8, 4) is 6.07 Å². The number of nitriles is 1. The summed E-state index contributed by atoms with van der Waals surface area (Å²) in [4.78, 5) is 13.3. The first-order valence-electron chi connectivity index (χ1n) is 6.06. The van der Waals surface area contributed by atoms with E-state index in [0.29, 0.717) is 18.4 Å². The number of methoxy groups -OCH3 is 1.